The number of hydrogen-bond acceptors (Lipinski definition) is 4. The van der Waals surface area contributed by atoms with Gasteiger partial charge in [0, 0.05) is 12.1 Å². The van der Waals surface area contributed by atoms with Crippen LogP contribution in [0.5, 0.6) is 0 Å². The standard InChI is InChI=1S/C21H24N2O4/c1-2-9-18(23-20(25)17-12-7-4-8-13-17)21(26)27-15-19(24)22-14-16-10-5-3-6-11-16/h3-8,10-13,18H,2,9,14-15H2,1H3,(H,22,24)(H,23,25)/t18-/m0/s1. The Bertz CT molecular complexity index is 747. The van der Waals surface area contributed by atoms with Gasteiger partial charge in [-0.2, -0.15) is 0 Å². The van der Waals surface area contributed by atoms with Crippen LogP contribution >= 0.6 is 0 Å². The molecule has 2 aromatic rings. The van der Waals surface area contributed by atoms with Gasteiger partial charge in [0.25, 0.3) is 11.8 Å². The molecule has 142 valence electrons. The van der Waals surface area contributed by atoms with E-state index < -0.39 is 17.9 Å². The normalized spacial score (nSPS) is 11.3. The van der Waals surface area contributed by atoms with Crippen molar-refractivity contribution in [2.75, 3.05) is 6.61 Å². The van der Waals surface area contributed by atoms with Gasteiger partial charge in [-0.15, -0.1) is 0 Å². The predicted molar refractivity (Wildman–Crippen MR) is 102 cm³/mol. The summed E-state index contributed by atoms with van der Waals surface area (Å²) in [5, 5.41) is 5.36. The fourth-order valence-corrected chi connectivity index (χ4v) is 2.45. The van der Waals surface area contributed by atoms with Gasteiger partial charge >= 0.3 is 5.97 Å². The van der Waals surface area contributed by atoms with Gasteiger partial charge in [-0.1, -0.05) is 61.9 Å². The minimum atomic E-state index is -0.787. The van der Waals surface area contributed by atoms with E-state index in [1.807, 2.05) is 43.3 Å². The molecule has 2 N–H and O–H groups in total. The second kappa shape index (κ2) is 10.8. The quantitative estimate of drug-likeness (QED) is 0.666. The van der Waals surface area contributed by atoms with E-state index >= 15 is 0 Å². The molecule has 0 saturated carbocycles. The van der Waals surface area contributed by atoms with Crippen LogP contribution in [-0.2, 0) is 20.9 Å². The molecule has 6 heteroatoms. The zero-order chi connectivity index (χ0) is 19.5. The number of esters is 1. The van der Waals surface area contributed by atoms with Crippen LogP contribution < -0.4 is 10.6 Å². The Morgan fingerprint density at radius 2 is 1.59 bits per heavy atom. The maximum Gasteiger partial charge on any atom is 0.329 e. The van der Waals surface area contributed by atoms with E-state index in [1.54, 1.807) is 24.3 Å². The minimum absolute atomic E-state index is 0.348. The van der Waals surface area contributed by atoms with Gasteiger partial charge in [-0.25, -0.2) is 4.79 Å². The Morgan fingerprint density at radius 3 is 2.22 bits per heavy atom. The molecule has 2 aromatic carbocycles. The van der Waals surface area contributed by atoms with Gasteiger partial charge in [-0.05, 0) is 24.1 Å². The second-order valence-electron chi connectivity index (χ2n) is 6.05. The largest absolute Gasteiger partial charge is 0.454 e. The van der Waals surface area contributed by atoms with Crippen LogP contribution in [0.3, 0.4) is 0 Å². The van der Waals surface area contributed by atoms with Crippen molar-refractivity contribution < 1.29 is 19.1 Å². The molecule has 0 aromatic heterocycles. The predicted octanol–water partition coefficient (Wildman–Crippen LogP) is 2.44. The zero-order valence-electron chi connectivity index (χ0n) is 15.3. The van der Waals surface area contributed by atoms with Crippen molar-refractivity contribution in [1.82, 2.24) is 10.6 Å². The molecule has 0 saturated heterocycles. The van der Waals surface area contributed by atoms with Gasteiger partial charge in [0.15, 0.2) is 6.61 Å². The van der Waals surface area contributed by atoms with E-state index in [0.29, 0.717) is 24.9 Å². The van der Waals surface area contributed by atoms with Crippen LogP contribution in [0.2, 0.25) is 0 Å². The fourth-order valence-electron chi connectivity index (χ4n) is 2.45. The lowest BCUT2D eigenvalue weighted by atomic mass is 10.1. The number of nitrogens with one attached hydrogen (secondary N) is 2. The van der Waals surface area contributed by atoms with Crippen LogP contribution in [0.25, 0.3) is 0 Å². The van der Waals surface area contributed by atoms with Crippen LogP contribution in [0.15, 0.2) is 60.7 Å². The molecule has 0 spiro atoms. The lowest BCUT2D eigenvalue weighted by molar-refractivity contribution is -0.150. The number of amides is 2. The summed E-state index contributed by atoms with van der Waals surface area (Å²) in [6.07, 6.45) is 1.12. The summed E-state index contributed by atoms with van der Waals surface area (Å²) >= 11 is 0. The van der Waals surface area contributed by atoms with Crippen molar-refractivity contribution in [2.45, 2.75) is 32.4 Å². The van der Waals surface area contributed by atoms with E-state index in [1.165, 1.54) is 0 Å². The average molecular weight is 368 g/mol. The minimum Gasteiger partial charge on any atom is -0.454 e. The average Bonchev–Trinajstić information content (AvgIpc) is 2.71. The highest BCUT2D eigenvalue weighted by Gasteiger charge is 2.22. The zero-order valence-corrected chi connectivity index (χ0v) is 15.3. The summed E-state index contributed by atoms with van der Waals surface area (Å²) in [5.74, 6) is -1.35. The third-order valence-corrected chi connectivity index (χ3v) is 3.88. The number of carbonyl (C=O) groups is 3. The smallest absolute Gasteiger partial charge is 0.329 e. The van der Waals surface area contributed by atoms with Gasteiger partial charge in [0.05, 0.1) is 0 Å². The van der Waals surface area contributed by atoms with Crippen molar-refractivity contribution in [3.05, 3.63) is 71.8 Å². The number of rotatable bonds is 9. The number of carbonyl (C=O) groups excluding carboxylic acids is 3. The number of hydrogen-bond donors (Lipinski definition) is 2. The Hall–Kier alpha value is -3.15. The first-order chi connectivity index (χ1) is 13.1. The van der Waals surface area contributed by atoms with Crippen molar-refractivity contribution in [2.24, 2.45) is 0 Å². The molecule has 2 rings (SSSR count). The molecule has 0 heterocycles. The van der Waals surface area contributed by atoms with E-state index in [2.05, 4.69) is 10.6 Å². The third kappa shape index (κ3) is 6.93. The fraction of sp³-hybridized carbons (Fsp3) is 0.286. The van der Waals surface area contributed by atoms with Gasteiger partial charge in [0.2, 0.25) is 0 Å². The Balaban J connectivity index is 1.81. The lowest BCUT2D eigenvalue weighted by Gasteiger charge is -2.17. The van der Waals surface area contributed by atoms with E-state index in [4.69, 9.17) is 4.74 Å². The van der Waals surface area contributed by atoms with Gasteiger partial charge in [0.1, 0.15) is 6.04 Å². The number of ether oxygens (including phenoxy) is 1. The summed E-state index contributed by atoms with van der Waals surface area (Å²) < 4.78 is 5.08. The molecule has 0 aliphatic rings. The molecular weight excluding hydrogens is 344 g/mol. The van der Waals surface area contributed by atoms with Crippen LogP contribution in [-0.4, -0.2) is 30.4 Å². The number of benzene rings is 2. The molecule has 0 aliphatic carbocycles. The monoisotopic (exact) mass is 368 g/mol. The summed E-state index contributed by atoms with van der Waals surface area (Å²) in [6.45, 7) is 1.88. The van der Waals surface area contributed by atoms with Gasteiger partial charge in [-0.3, -0.25) is 9.59 Å². The topological polar surface area (TPSA) is 84.5 Å². The molecule has 0 bridgehead atoms. The summed E-state index contributed by atoms with van der Waals surface area (Å²) in [4.78, 5) is 36.4. The molecule has 6 nitrogen and oxygen atoms in total. The molecular formula is C21H24N2O4. The van der Waals surface area contributed by atoms with Crippen LogP contribution in [0.1, 0.15) is 35.7 Å². The molecule has 0 unspecified atom stereocenters. The summed E-state index contributed by atoms with van der Waals surface area (Å²) in [6, 6.07) is 17.3. The van der Waals surface area contributed by atoms with Crippen LogP contribution in [0, 0.1) is 0 Å². The Morgan fingerprint density at radius 1 is 0.963 bits per heavy atom. The first kappa shape index (κ1) is 20.2. The van der Waals surface area contributed by atoms with E-state index in [-0.39, 0.29) is 12.5 Å². The Kier molecular flexibility index (Phi) is 8.03. The van der Waals surface area contributed by atoms with E-state index in [9.17, 15) is 14.4 Å². The van der Waals surface area contributed by atoms with Crippen molar-refractivity contribution in [3.8, 4) is 0 Å². The molecule has 0 aliphatic heterocycles. The highest BCUT2D eigenvalue weighted by molar-refractivity contribution is 5.96. The summed E-state index contributed by atoms with van der Waals surface area (Å²) in [7, 11) is 0. The second-order valence-corrected chi connectivity index (χ2v) is 6.05. The highest BCUT2D eigenvalue weighted by atomic mass is 16.5. The molecule has 0 fully saturated rings. The lowest BCUT2D eigenvalue weighted by Crippen LogP contribution is -2.42. The first-order valence-electron chi connectivity index (χ1n) is 8.93. The molecule has 0 radical (unpaired) electrons. The van der Waals surface area contributed by atoms with Crippen molar-refractivity contribution in [1.29, 1.82) is 0 Å². The maximum atomic E-state index is 12.3. The third-order valence-electron chi connectivity index (χ3n) is 3.88. The SMILES string of the molecule is CCC[C@H](NC(=O)c1ccccc1)C(=O)OCC(=O)NCc1ccccc1. The molecule has 2 amide bonds. The highest BCUT2D eigenvalue weighted by Crippen LogP contribution is 2.04. The van der Waals surface area contributed by atoms with Crippen molar-refractivity contribution >= 4 is 17.8 Å². The van der Waals surface area contributed by atoms with Crippen molar-refractivity contribution in [3.63, 3.8) is 0 Å². The Labute approximate surface area is 158 Å². The van der Waals surface area contributed by atoms with E-state index in [0.717, 1.165) is 5.56 Å². The molecule has 27 heavy (non-hydrogen) atoms. The first-order valence-corrected chi connectivity index (χ1v) is 8.93. The maximum absolute atomic E-state index is 12.3. The van der Waals surface area contributed by atoms with Crippen LogP contribution in [0.4, 0.5) is 0 Å². The summed E-state index contributed by atoms with van der Waals surface area (Å²) in [5.41, 5.74) is 1.42. The van der Waals surface area contributed by atoms with Gasteiger partial charge < -0.3 is 15.4 Å². The molecule has 1 atom stereocenters.